The lowest BCUT2D eigenvalue weighted by molar-refractivity contribution is -0.385. The van der Waals surface area contributed by atoms with E-state index in [4.69, 9.17) is 4.42 Å². The number of nitro benzene ring substituents is 1. The highest BCUT2D eigenvalue weighted by atomic mass is 16.6. The number of carbonyl (C=O) groups is 3. The molecule has 0 saturated carbocycles. The summed E-state index contributed by atoms with van der Waals surface area (Å²) in [5.74, 6) is -3.53. The Morgan fingerprint density at radius 3 is 2.62 bits per heavy atom. The fourth-order valence-electron chi connectivity index (χ4n) is 3.55. The van der Waals surface area contributed by atoms with Gasteiger partial charge in [-0.25, -0.2) is 0 Å². The van der Waals surface area contributed by atoms with Gasteiger partial charge in [-0.05, 0) is 44.8 Å². The van der Waals surface area contributed by atoms with Crippen molar-refractivity contribution in [2.45, 2.75) is 12.5 Å². The second kappa shape index (κ2) is 8.36. The largest absolute Gasteiger partial charge is 0.461 e. The highest BCUT2D eigenvalue weighted by molar-refractivity contribution is 6.43. The maximum absolute atomic E-state index is 13.0. The van der Waals surface area contributed by atoms with E-state index in [9.17, 15) is 24.5 Å². The van der Waals surface area contributed by atoms with Gasteiger partial charge in [-0.1, -0.05) is 12.1 Å². The van der Waals surface area contributed by atoms with Crippen LogP contribution in [0.2, 0.25) is 0 Å². The Balaban J connectivity index is 2.02. The topological polar surface area (TPSA) is 114 Å². The molecule has 1 aromatic heterocycles. The normalized spacial score (nSPS) is 19.2. The van der Waals surface area contributed by atoms with Gasteiger partial charge in [-0.2, -0.15) is 0 Å². The van der Waals surface area contributed by atoms with Crippen molar-refractivity contribution in [3.8, 4) is 0 Å². The van der Waals surface area contributed by atoms with Gasteiger partial charge in [-0.15, -0.1) is 0 Å². The Morgan fingerprint density at radius 1 is 1.24 bits per heavy atom. The van der Waals surface area contributed by atoms with Gasteiger partial charge in [-0.3, -0.25) is 24.5 Å². The number of nitrogens with zero attached hydrogens (tertiary/aromatic N) is 3. The van der Waals surface area contributed by atoms with E-state index in [0.717, 1.165) is 0 Å². The predicted molar refractivity (Wildman–Crippen MR) is 102 cm³/mol. The lowest BCUT2D eigenvalue weighted by Crippen LogP contribution is -2.33. The van der Waals surface area contributed by atoms with Gasteiger partial charge in [0.2, 0.25) is 11.6 Å². The molecule has 2 aromatic rings. The van der Waals surface area contributed by atoms with Crippen LogP contribution in [0.15, 0.2) is 47.1 Å². The first-order valence-corrected chi connectivity index (χ1v) is 9.13. The van der Waals surface area contributed by atoms with Gasteiger partial charge >= 0.3 is 0 Å². The van der Waals surface area contributed by atoms with Gasteiger partial charge in [0.1, 0.15) is 5.92 Å². The summed E-state index contributed by atoms with van der Waals surface area (Å²) in [5, 5.41) is 11.2. The number of hydrogen-bond donors (Lipinski definition) is 0. The van der Waals surface area contributed by atoms with Crippen LogP contribution in [0.5, 0.6) is 0 Å². The molecule has 3 rings (SSSR count). The summed E-state index contributed by atoms with van der Waals surface area (Å²) in [6.07, 6.45) is 1.89. The van der Waals surface area contributed by atoms with Crippen molar-refractivity contribution in [3.05, 3.63) is 64.1 Å². The predicted octanol–water partition coefficient (Wildman–Crippen LogP) is 2.09. The molecule has 9 heteroatoms. The molecule has 0 spiro atoms. The quantitative estimate of drug-likeness (QED) is 0.219. The molecule has 2 atom stereocenters. The highest BCUT2D eigenvalue weighted by Crippen LogP contribution is 2.39. The van der Waals surface area contributed by atoms with Crippen molar-refractivity contribution in [1.82, 2.24) is 9.80 Å². The minimum Gasteiger partial charge on any atom is -0.461 e. The van der Waals surface area contributed by atoms with E-state index in [2.05, 4.69) is 0 Å². The van der Waals surface area contributed by atoms with Crippen LogP contribution >= 0.6 is 0 Å². The molecule has 1 saturated heterocycles. The summed E-state index contributed by atoms with van der Waals surface area (Å²) in [7, 11) is 3.77. The molecule has 152 valence electrons. The Labute approximate surface area is 167 Å². The first kappa shape index (κ1) is 20.4. The van der Waals surface area contributed by atoms with E-state index in [1.54, 1.807) is 6.07 Å². The third kappa shape index (κ3) is 4.09. The van der Waals surface area contributed by atoms with Crippen molar-refractivity contribution >= 4 is 23.2 Å². The molecule has 0 bridgehead atoms. The fourth-order valence-corrected chi connectivity index (χ4v) is 3.55. The van der Waals surface area contributed by atoms with Crippen LogP contribution in [-0.2, 0) is 9.59 Å². The van der Waals surface area contributed by atoms with E-state index in [1.807, 2.05) is 19.0 Å². The second-order valence-electron chi connectivity index (χ2n) is 7.14. The van der Waals surface area contributed by atoms with E-state index in [-0.39, 0.29) is 18.0 Å². The number of rotatable bonds is 8. The number of non-ortho nitro benzene ring substituents is 1. The number of likely N-dealkylation sites (tertiary alicyclic amines) is 1. The molecule has 0 radical (unpaired) electrons. The van der Waals surface area contributed by atoms with Gasteiger partial charge in [0, 0.05) is 18.7 Å². The molecule has 2 unspecified atom stereocenters. The van der Waals surface area contributed by atoms with E-state index in [0.29, 0.717) is 18.5 Å². The van der Waals surface area contributed by atoms with E-state index in [1.165, 1.54) is 41.5 Å². The first-order valence-electron chi connectivity index (χ1n) is 9.13. The van der Waals surface area contributed by atoms with E-state index >= 15 is 0 Å². The Bertz CT molecular complexity index is 937. The summed E-state index contributed by atoms with van der Waals surface area (Å²) in [6.45, 7) is 0.925. The van der Waals surface area contributed by atoms with Gasteiger partial charge in [0.05, 0.1) is 17.2 Å². The molecule has 0 aliphatic carbocycles. The van der Waals surface area contributed by atoms with E-state index < -0.39 is 34.4 Å². The molecule has 1 aromatic carbocycles. The zero-order valence-corrected chi connectivity index (χ0v) is 16.1. The van der Waals surface area contributed by atoms with Crippen LogP contribution in [0.3, 0.4) is 0 Å². The van der Waals surface area contributed by atoms with Crippen molar-refractivity contribution < 1.29 is 23.7 Å². The van der Waals surface area contributed by atoms with Crippen molar-refractivity contribution in [2.75, 3.05) is 27.2 Å². The number of amides is 1. The molecule has 2 heterocycles. The van der Waals surface area contributed by atoms with Crippen LogP contribution in [0.25, 0.3) is 0 Å². The highest BCUT2D eigenvalue weighted by Gasteiger charge is 2.52. The summed E-state index contributed by atoms with van der Waals surface area (Å²) in [6, 6.07) is 7.72. The van der Waals surface area contributed by atoms with Gasteiger partial charge in [0.15, 0.2) is 5.76 Å². The third-order valence-electron chi connectivity index (χ3n) is 4.88. The first-order chi connectivity index (χ1) is 13.8. The Kier molecular flexibility index (Phi) is 5.88. The lowest BCUT2D eigenvalue weighted by atomic mass is 9.88. The molecule has 9 nitrogen and oxygen atoms in total. The third-order valence-corrected chi connectivity index (χ3v) is 4.88. The minimum atomic E-state index is -1.31. The molecular weight excluding hydrogens is 378 g/mol. The van der Waals surface area contributed by atoms with Crippen LogP contribution < -0.4 is 0 Å². The number of furan rings is 1. The minimum absolute atomic E-state index is 0.0262. The monoisotopic (exact) mass is 399 g/mol. The molecule has 1 aliphatic heterocycles. The Morgan fingerprint density at radius 2 is 2.00 bits per heavy atom. The average molecular weight is 399 g/mol. The summed E-state index contributed by atoms with van der Waals surface area (Å²) < 4.78 is 5.14. The Hall–Kier alpha value is -3.33. The number of ketones is 2. The fraction of sp³-hybridized carbons (Fsp3) is 0.350. The number of hydrogen-bond acceptors (Lipinski definition) is 7. The summed E-state index contributed by atoms with van der Waals surface area (Å²) in [5.41, 5.74) is 0.194. The number of nitro groups is 1. The number of Topliss-reactive ketones (excluding diaryl/α,β-unsaturated/α-hetero) is 2. The van der Waals surface area contributed by atoms with Crippen LogP contribution in [0.1, 0.15) is 28.6 Å². The van der Waals surface area contributed by atoms with Crippen molar-refractivity contribution in [2.24, 2.45) is 5.92 Å². The molecule has 1 aliphatic rings. The van der Waals surface area contributed by atoms with Crippen molar-refractivity contribution in [3.63, 3.8) is 0 Å². The second-order valence-corrected chi connectivity index (χ2v) is 7.14. The SMILES string of the molecule is CN(C)CCCN1C(=O)C(=O)C(C(=O)c2ccco2)C1c1cccc([N+](=O)[O-])c1. The molecule has 1 fully saturated rings. The zero-order valence-electron chi connectivity index (χ0n) is 16.1. The number of benzene rings is 1. The molecule has 0 N–H and O–H groups in total. The maximum Gasteiger partial charge on any atom is 0.291 e. The molecule has 1 amide bonds. The smallest absolute Gasteiger partial charge is 0.291 e. The van der Waals surface area contributed by atoms with Crippen LogP contribution in [0.4, 0.5) is 5.69 Å². The maximum atomic E-state index is 13.0. The molecule has 29 heavy (non-hydrogen) atoms. The number of carbonyl (C=O) groups excluding carboxylic acids is 3. The summed E-state index contributed by atoms with van der Waals surface area (Å²) >= 11 is 0. The van der Waals surface area contributed by atoms with Gasteiger partial charge in [0.25, 0.3) is 11.6 Å². The summed E-state index contributed by atoms with van der Waals surface area (Å²) in [4.78, 5) is 52.4. The van der Waals surface area contributed by atoms with Crippen LogP contribution in [-0.4, -0.2) is 59.4 Å². The standard InChI is InChI=1S/C20H21N3O6/c1-21(2)9-5-10-22-17(13-6-3-7-14(12-13)23(27)28)16(19(25)20(22)26)18(24)15-8-4-11-29-15/h3-4,6-8,11-12,16-17H,5,9-10H2,1-2H3. The van der Waals surface area contributed by atoms with Crippen LogP contribution in [0, 0.1) is 16.0 Å². The average Bonchev–Trinajstić information content (AvgIpc) is 3.30. The van der Waals surface area contributed by atoms with Crippen molar-refractivity contribution in [1.29, 1.82) is 0 Å². The zero-order chi connectivity index (χ0) is 21.1. The van der Waals surface area contributed by atoms with Gasteiger partial charge < -0.3 is 14.2 Å². The molecular formula is C20H21N3O6. The lowest BCUT2D eigenvalue weighted by Gasteiger charge is -2.27.